The van der Waals surface area contributed by atoms with Gasteiger partial charge in [0.1, 0.15) is 6.61 Å². The second kappa shape index (κ2) is 9.21. The number of nitrogens with two attached hydrogens (primary N) is 1. The molecule has 0 spiro atoms. The van der Waals surface area contributed by atoms with E-state index in [-0.39, 0.29) is 12.5 Å². The van der Waals surface area contributed by atoms with Crippen molar-refractivity contribution in [2.45, 2.75) is 51.9 Å². The number of oxime groups is 1. The van der Waals surface area contributed by atoms with Crippen molar-refractivity contribution in [2.24, 2.45) is 16.8 Å². The van der Waals surface area contributed by atoms with Gasteiger partial charge in [-0.25, -0.2) is 0 Å². The molecule has 1 saturated heterocycles. The number of rotatable bonds is 6. The Hall–Kier alpha value is -2.09. The zero-order chi connectivity index (χ0) is 20.0. The van der Waals surface area contributed by atoms with Gasteiger partial charge >= 0.3 is 6.18 Å². The number of hydrogen-bond acceptors (Lipinski definition) is 4. The molecule has 2 N–H and O–H groups in total. The first kappa shape index (κ1) is 21.2. The Kier molecular flexibility index (Phi) is 7.24. The van der Waals surface area contributed by atoms with Crippen LogP contribution in [-0.2, 0) is 22.4 Å². The third kappa shape index (κ3) is 6.53. The molecular formula is C19H26F3N3O2. The maximum atomic E-state index is 12.7. The summed E-state index contributed by atoms with van der Waals surface area (Å²) in [5.74, 6) is 0.308. The molecule has 0 aliphatic carbocycles. The van der Waals surface area contributed by atoms with Crippen molar-refractivity contribution in [3.8, 4) is 0 Å². The highest BCUT2D eigenvalue weighted by Crippen LogP contribution is 2.29. The predicted octanol–water partition coefficient (Wildman–Crippen LogP) is 3.57. The Labute approximate surface area is 157 Å². The summed E-state index contributed by atoms with van der Waals surface area (Å²) in [7, 11) is 0. The van der Waals surface area contributed by atoms with Crippen molar-refractivity contribution >= 4 is 11.6 Å². The van der Waals surface area contributed by atoms with Gasteiger partial charge in [0.25, 0.3) is 0 Å². The summed E-state index contributed by atoms with van der Waals surface area (Å²) in [6, 6.07) is 4.50. The van der Waals surface area contributed by atoms with E-state index in [9.17, 15) is 18.0 Å². The monoisotopic (exact) mass is 385 g/mol. The van der Waals surface area contributed by atoms with Gasteiger partial charge in [0.05, 0.1) is 17.3 Å². The lowest BCUT2D eigenvalue weighted by atomic mass is 10.0. The molecule has 2 rings (SSSR count). The molecule has 5 nitrogen and oxygen atoms in total. The minimum absolute atomic E-state index is 0.0324. The van der Waals surface area contributed by atoms with E-state index < -0.39 is 17.8 Å². The Bertz CT molecular complexity index is 664. The lowest BCUT2D eigenvalue weighted by Crippen LogP contribution is -2.47. The minimum Gasteiger partial charge on any atom is -0.391 e. The molecule has 0 unspecified atom stereocenters. The summed E-state index contributed by atoms with van der Waals surface area (Å²) in [6.07, 6.45) is -2.58. The van der Waals surface area contributed by atoms with Crippen molar-refractivity contribution in [1.29, 1.82) is 0 Å². The van der Waals surface area contributed by atoms with Gasteiger partial charge in [-0.2, -0.15) is 13.2 Å². The van der Waals surface area contributed by atoms with Crippen molar-refractivity contribution < 1.29 is 22.8 Å². The molecule has 1 fully saturated rings. The third-order valence-corrected chi connectivity index (χ3v) is 4.37. The molecule has 1 aromatic rings. The maximum Gasteiger partial charge on any atom is 0.416 e. The van der Waals surface area contributed by atoms with Gasteiger partial charge in [0.2, 0.25) is 5.91 Å². The fourth-order valence-corrected chi connectivity index (χ4v) is 2.96. The standard InChI is InChI=1S/C19H26F3N3O2/c1-13(2)10-17(23)18(26)25-8-6-16(7-9-25)24-27-12-14-4-3-5-15(11-14)19(20,21)22/h3-5,11,13,17H,6-10,12,23H2,1-2H3/t17-/m0/s1. The fraction of sp³-hybridized carbons (Fsp3) is 0.579. The predicted molar refractivity (Wildman–Crippen MR) is 96.9 cm³/mol. The van der Waals surface area contributed by atoms with Crippen LogP contribution in [0.4, 0.5) is 13.2 Å². The number of benzene rings is 1. The quantitative estimate of drug-likeness (QED) is 0.761. The van der Waals surface area contributed by atoms with E-state index in [0.717, 1.165) is 17.8 Å². The number of nitrogens with zero attached hydrogens (tertiary/aromatic N) is 2. The second-order valence-electron chi connectivity index (χ2n) is 7.19. The number of piperidine rings is 1. The van der Waals surface area contributed by atoms with E-state index in [1.807, 2.05) is 13.8 Å². The van der Waals surface area contributed by atoms with Crippen LogP contribution in [0.2, 0.25) is 0 Å². The average Bonchev–Trinajstić information content (AvgIpc) is 2.60. The van der Waals surface area contributed by atoms with Gasteiger partial charge in [0, 0.05) is 25.9 Å². The van der Waals surface area contributed by atoms with E-state index in [2.05, 4.69) is 5.16 Å². The molecule has 8 heteroatoms. The van der Waals surface area contributed by atoms with Gasteiger partial charge in [-0.05, 0) is 30.0 Å². The van der Waals surface area contributed by atoms with Crippen LogP contribution in [0.25, 0.3) is 0 Å². The highest BCUT2D eigenvalue weighted by atomic mass is 19.4. The molecular weight excluding hydrogens is 359 g/mol. The van der Waals surface area contributed by atoms with E-state index in [4.69, 9.17) is 10.6 Å². The topological polar surface area (TPSA) is 67.9 Å². The summed E-state index contributed by atoms with van der Waals surface area (Å²) < 4.78 is 38.1. The van der Waals surface area contributed by atoms with E-state index in [1.54, 1.807) is 11.0 Å². The van der Waals surface area contributed by atoms with Gasteiger partial charge in [0.15, 0.2) is 0 Å². The summed E-state index contributed by atoms with van der Waals surface area (Å²) >= 11 is 0. The zero-order valence-electron chi connectivity index (χ0n) is 15.6. The fourth-order valence-electron chi connectivity index (χ4n) is 2.96. The van der Waals surface area contributed by atoms with Crippen LogP contribution >= 0.6 is 0 Å². The summed E-state index contributed by atoms with van der Waals surface area (Å²) in [5, 5.41) is 4.02. The number of amides is 1. The highest BCUT2D eigenvalue weighted by Gasteiger charge is 2.30. The first-order chi connectivity index (χ1) is 12.7. The van der Waals surface area contributed by atoms with Crippen molar-refractivity contribution in [3.05, 3.63) is 35.4 Å². The van der Waals surface area contributed by atoms with Crippen LogP contribution in [0.1, 0.15) is 44.2 Å². The maximum absolute atomic E-state index is 12.7. The molecule has 0 bridgehead atoms. The third-order valence-electron chi connectivity index (χ3n) is 4.37. The number of hydrogen-bond donors (Lipinski definition) is 1. The number of carbonyl (C=O) groups excluding carboxylic acids is 1. The highest BCUT2D eigenvalue weighted by molar-refractivity contribution is 5.88. The molecule has 0 radical (unpaired) electrons. The molecule has 0 saturated carbocycles. The molecule has 1 aliphatic rings. The van der Waals surface area contributed by atoms with Crippen LogP contribution in [-0.4, -0.2) is 35.7 Å². The molecule has 150 valence electrons. The van der Waals surface area contributed by atoms with E-state index in [1.165, 1.54) is 6.07 Å². The zero-order valence-corrected chi connectivity index (χ0v) is 15.6. The van der Waals surface area contributed by atoms with Crippen molar-refractivity contribution in [2.75, 3.05) is 13.1 Å². The lowest BCUT2D eigenvalue weighted by Gasteiger charge is -2.30. The first-order valence-corrected chi connectivity index (χ1v) is 9.05. The van der Waals surface area contributed by atoms with Crippen LogP contribution in [0.3, 0.4) is 0 Å². The molecule has 0 aromatic heterocycles. The van der Waals surface area contributed by atoms with Crippen LogP contribution in [0.5, 0.6) is 0 Å². The Morgan fingerprint density at radius 1 is 1.30 bits per heavy atom. The van der Waals surface area contributed by atoms with Crippen LogP contribution in [0, 0.1) is 5.92 Å². The van der Waals surface area contributed by atoms with Crippen LogP contribution in [0.15, 0.2) is 29.4 Å². The Morgan fingerprint density at radius 2 is 1.96 bits per heavy atom. The Morgan fingerprint density at radius 3 is 2.56 bits per heavy atom. The molecule has 1 heterocycles. The molecule has 1 aromatic carbocycles. The van der Waals surface area contributed by atoms with Crippen molar-refractivity contribution in [1.82, 2.24) is 4.90 Å². The van der Waals surface area contributed by atoms with Crippen LogP contribution < -0.4 is 5.73 Å². The lowest BCUT2D eigenvalue weighted by molar-refractivity contribution is -0.137. The normalized spacial score (nSPS) is 16.4. The first-order valence-electron chi connectivity index (χ1n) is 9.05. The number of carbonyl (C=O) groups is 1. The van der Waals surface area contributed by atoms with Gasteiger partial charge in [-0.3, -0.25) is 4.79 Å². The van der Waals surface area contributed by atoms with E-state index in [0.29, 0.717) is 43.8 Å². The van der Waals surface area contributed by atoms with Gasteiger partial charge < -0.3 is 15.5 Å². The molecule has 1 atom stereocenters. The molecule has 1 aliphatic heterocycles. The SMILES string of the molecule is CC(C)C[C@H](N)C(=O)N1CCC(=NOCc2cccc(C(F)(F)F)c2)CC1. The second-order valence-corrected chi connectivity index (χ2v) is 7.19. The van der Waals surface area contributed by atoms with Gasteiger partial charge in [-0.15, -0.1) is 0 Å². The van der Waals surface area contributed by atoms with Gasteiger partial charge in [-0.1, -0.05) is 31.1 Å². The number of alkyl halides is 3. The smallest absolute Gasteiger partial charge is 0.391 e. The molecule has 27 heavy (non-hydrogen) atoms. The summed E-state index contributed by atoms with van der Waals surface area (Å²) in [5.41, 5.74) is 6.44. The average molecular weight is 385 g/mol. The summed E-state index contributed by atoms with van der Waals surface area (Å²) in [6.45, 7) is 5.06. The molecule has 1 amide bonds. The van der Waals surface area contributed by atoms with Crippen molar-refractivity contribution in [3.63, 3.8) is 0 Å². The minimum atomic E-state index is -4.38. The number of halogens is 3. The number of likely N-dealkylation sites (tertiary alicyclic amines) is 1. The summed E-state index contributed by atoms with van der Waals surface area (Å²) in [4.78, 5) is 19.2. The Balaban J connectivity index is 1.81. The van der Waals surface area contributed by atoms with E-state index >= 15 is 0 Å². The largest absolute Gasteiger partial charge is 0.416 e.